The molecule has 0 unspecified atom stereocenters. The van der Waals surface area contributed by atoms with E-state index < -0.39 is 5.97 Å². The number of hydrogen-bond donors (Lipinski definition) is 0. The van der Waals surface area contributed by atoms with Gasteiger partial charge < -0.3 is 9.64 Å². The Labute approximate surface area is 179 Å². The van der Waals surface area contributed by atoms with E-state index in [2.05, 4.69) is 10.1 Å². The minimum absolute atomic E-state index is 0.0985. The number of fused-ring (bicyclic) bond motifs is 1. The van der Waals surface area contributed by atoms with Crippen molar-refractivity contribution in [1.82, 2.24) is 19.7 Å². The highest BCUT2D eigenvalue weighted by atomic mass is 32.1. The van der Waals surface area contributed by atoms with Gasteiger partial charge in [0, 0.05) is 48.3 Å². The van der Waals surface area contributed by atoms with Gasteiger partial charge >= 0.3 is 5.97 Å². The van der Waals surface area contributed by atoms with Gasteiger partial charge in [-0.15, -0.1) is 11.3 Å². The number of aromatic nitrogens is 3. The number of carbonyl (C=O) groups is 2. The molecule has 0 saturated carbocycles. The largest absolute Gasteiger partial charge is 0.461 e. The molecule has 0 bridgehead atoms. The molecule has 1 amide bonds. The number of hydrogen-bond acceptors (Lipinski definition) is 6. The minimum atomic E-state index is -0.443. The van der Waals surface area contributed by atoms with E-state index >= 15 is 0 Å². The normalized spacial score (nSPS) is 13.2. The Balaban J connectivity index is 1.54. The lowest BCUT2D eigenvalue weighted by Crippen LogP contribution is -2.37. The van der Waals surface area contributed by atoms with Gasteiger partial charge in [0.05, 0.1) is 18.8 Å². The molecule has 0 atom stereocenters. The average molecular weight is 425 g/mol. The maximum atomic E-state index is 12.8. The number of aryl methyl sites for hydroxylation is 1. The first-order chi connectivity index (χ1) is 14.7. The van der Waals surface area contributed by atoms with Gasteiger partial charge in [0.2, 0.25) is 5.91 Å². The topological polar surface area (TPSA) is 77.3 Å². The minimum Gasteiger partial charge on any atom is -0.461 e. The van der Waals surface area contributed by atoms with Crippen LogP contribution in [0.2, 0.25) is 0 Å². The molecule has 0 radical (unpaired) electrons. The Hall–Kier alpha value is -3.00. The Morgan fingerprint density at radius 2 is 2.13 bits per heavy atom. The molecule has 4 heterocycles. The van der Waals surface area contributed by atoms with E-state index in [1.165, 1.54) is 4.88 Å². The summed E-state index contributed by atoms with van der Waals surface area (Å²) < 4.78 is 7.05. The van der Waals surface area contributed by atoms with E-state index in [0.717, 1.165) is 23.4 Å². The first kappa shape index (κ1) is 20.3. The molecule has 4 rings (SSSR count). The van der Waals surface area contributed by atoms with Crippen LogP contribution in [0, 0.1) is 0 Å². The lowest BCUT2D eigenvalue weighted by molar-refractivity contribution is -0.132. The molecule has 0 fully saturated rings. The van der Waals surface area contributed by atoms with Crippen molar-refractivity contribution in [3.63, 3.8) is 0 Å². The zero-order valence-electron chi connectivity index (χ0n) is 16.9. The van der Waals surface area contributed by atoms with Gasteiger partial charge in [-0.3, -0.25) is 14.5 Å². The van der Waals surface area contributed by atoms with Gasteiger partial charge in [-0.25, -0.2) is 4.79 Å². The second-order valence-electron chi connectivity index (χ2n) is 7.12. The van der Waals surface area contributed by atoms with Crippen LogP contribution >= 0.6 is 11.3 Å². The number of rotatable bonds is 7. The summed E-state index contributed by atoms with van der Waals surface area (Å²) in [5.74, 6) is -0.345. The summed E-state index contributed by atoms with van der Waals surface area (Å²) in [7, 11) is 0. The zero-order chi connectivity index (χ0) is 20.9. The summed E-state index contributed by atoms with van der Waals surface area (Å²) in [5, 5.41) is 6.57. The molecule has 1 aliphatic heterocycles. The molecule has 0 aromatic carbocycles. The van der Waals surface area contributed by atoms with Crippen LogP contribution < -0.4 is 0 Å². The van der Waals surface area contributed by atoms with Crippen LogP contribution in [0.25, 0.3) is 0 Å². The van der Waals surface area contributed by atoms with E-state index in [4.69, 9.17) is 4.74 Å². The number of pyridine rings is 1. The fourth-order valence-electron chi connectivity index (χ4n) is 3.69. The van der Waals surface area contributed by atoms with E-state index in [9.17, 15) is 9.59 Å². The SMILES string of the molecule is CCOC(=O)c1nn(Cc2ccccn2)c2c1CN(C(=O)CCc1cccs1)CC2. The zero-order valence-corrected chi connectivity index (χ0v) is 17.7. The lowest BCUT2D eigenvalue weighted by atomic mass is 10.0. The van der Waals surface area contributed by atoms with Gasteiger partial charge in [0.1, 0.15) is 0 Å². The van der Waals surface area contributed by atoms with Crippen molar-refractivity contribution in [3.05, 3.63) is 69.4 Å². The third kappa shape index (κ3) is 4.43. The number of ether oxygens (including phenoxy) is 1. The molecule has 3 aromatic heterocycles. The molecule has 3 aromatic rings. The molecule has 1 aliphatic rings. The van der Waals surface area contributed by atoms with Crippen LogP contribution in [0.5, 0.6) is 0 Å². The maximum absolute atomic E-state index is 12.8. The first-order valence-corrected chi connectivity index (χ1v) is 11.0. The van der Waals surface area contributed by atoms with Crippen LogP contribution in [0.15, 0.2) is 41.9 Å². The highest BCUT2D eigenvalue weighted by Crippen LogP contribution is 2.25. The van der Waals surface area contributed by atoms with Gasteiger partial charge in [0.15, 0.2) is 5.69 Å². The van der Waals surface area contributed by atoms with E-state index in [-0.39, 0.29) is 12.5 Å². The lowest BCUT2D eigenvalue weighted by Gasteiger charge is -2.28. The summed E-state index contributed by atoms with van der Waals surface area (Å²) in [4.78, 5) is 32.7. The van der Waals surface area contributed by atoms with Gasteiger partial charge in [-0.2, -0.15) is 5.10 Å². The molecule has 0 N–H and O–H groups in total. The van der Waals surface area contributed by atoms with Crippen LogP contribution in [-0.2, 0) is 35.5 Å². The molecule has 0 saturated heterocycles. The molecule has 156 valence electrons. The Morgan fingerprint density at radius 3 is 2.87 bits per heavy atom. The van der Waals surface area contributed by atoms with Crippen molar-refractivity contribution in [1.29, 1.82) is 0 Å². The fraction of sp³-hybridized carbons (Fsp3) is 0.364. The third-order valence-electron chi connectivity index (χ3n) is 5.16. The van der Waals surface area contributed by atoms with Gasteiger partial charge in [0.25, 0.3) is 0 Å². The van der Waals surface area contributed by atoms with Crippen molar-refractivity contribution < 1.29 is 14.3 Å². The predicted molar refractivity (Wildman–Crippen MR) is 113 cm³/mol. The second-order valence-corrected chi connectivity index (χ2v) is 8.15. The van der Waals surface area contributed by atoms with Crippen molar-refractivity contribution in [2.24, 2.45) is 0 Å². The summed E-state index contributed by atoms with van der Waals surface area (Å²) in [6, 6.07) is 9.78. The number of carbonyl (C=O) groups excluding carboxylic acids is 2. The summed E-state index contributed by atoms with van der Waals surface area (Å²) in [6.45, 7) is 3.54. The second kappa shape index (κ2) is 9.21. The molecule has 30 heavy (non-hydrogen) atoms. The van der Waals surface area contributed by atoms with E-state index in [1.807, 2.05) is 45.3 Å². The van der Waals surface area contributed by atoms with Gasteiger partial charge in [-0.1, -0.05) is 12.1 Å². The number of amides is 1. The molecular weight excluding hydrogens is 400 g/mol. The highest BCUT2D eigenvalue weighted by molar-refractivity contribution is 7.09. The van der Waals surface area contributed by atoms with Crippen LogP contribution in [-0.4, -0.2) is 44.7 Å². The molecule has 0 spiro atoms. The van der Waals surface area contributed by atoms with Crippen molar-refractivity contribution in [2.75, 3.05) is 13.2 Å². The van der Waals surface area contributed by atoms with Gasteiger partial charge in [-0.05, 0) is 36.9 Å². The van der Waals surface area contributed by atoms with Crippen molar-refractivity contribution in [2.45, 2.75) is 39.3 Å². The molecular formula is C22H24N4O3S. The highest BCUT2D eigenvalue weighted by Gasteiger charge is 2.30. The molecule has 7 nitrogen and oxygen atoms in total. The predicted octanol–water partition coefficient (Wildman–Crippen LogP) is 3.08. The fourth-order valence-corrected chi connectivity index (χ4v) is 4.40. The summed E-state index contributed by atoms with van der Waals surface area (Å²) >= 11 is 1.66. The molecule has 0 aliphatic carbocycles. The quantitative estimate of drug-likeness (QED) is 0.545. The monoisotopic (exact) mass is 424 g/mol. The maximum Gasteiger partial charge on any atom is 0.359 e. The standard InChI is InChI=1S/C22H24N4O3S/c1-2-29-22(28)21-18-15-25(20(27)9-8-17-7-5-13-30-17)12-10-19(18)26(24-21)14-16-6-3-4-11-23-16/h3-7,11,13H,2,8-10,12,14-15H2,1H3. The average Bonchev–Trinajstić information content (AvgIpc) is 3.41. The Morgan fingerprint density at radius 1 is 1.23 bits per heavy atom. The number of thiophene rings is 1. The molecule has 8 heteroatoms. The summed E-state index contributed by atoms with van der Waals surface area (Å²) in [6.07, 6.45) is 3.60. The summed E-state index contributed by atoms with van der Waals surface area (Å²) in [5.41, 5.74) is 2.94. The number of nitrogens with zero attached hydrogens (tertiary/aromatic N) is 4. The van der Waals surface area contributed by atoms with Crippen molar-refractivity contribution in [3.8, 4) is 0 Å². The van der Waals surface area contributed by atoms with Crippen molar-refractivity contribution >= 4 is 23.2 Å². The van der Waals surface area contributed by atoms with E-state index in [1.54, 1.807) is 24.5 Å². The first-order valence-electron chi connectivity index (χ1n) is 10.1. The van der Waals surface area contributed by atoms with Crippen LogP contribution in [0.1, 0.15) is 45.7 Å². The Kier molecular flexibility index (Phi) is 6.23. The van der Waals surface area contributed by atoms with Crippen LogP contribution in [0.3, 0.4) is 0 Å². The smallest absolute Gasteiger partial charge is 0.359 e. The van der Waals surface area contributed by atoms with Crippen LogP contribution in [0.4, 0.5) is 0 Å². The van der Waals surface area contributed by atoms with E-state index in [0.29, 0.717) is 38.2 Å². The number of esters is 1. The third-order valence-corrected chi connectivity index (χ3v) is 6.09. The Bertz CT molecular complexity index is 1010.